The molecule has 218 valence electrons. The van der Waals surface area contributed by atoms with E-state index >= 15 is 0 Å². The van der Waals surface area contributed by atoms with Gasteiger partial charge in [-0.3, -0.25) is 19.4 Å². The second-order valence-corrected chi connectivity index (χ2v) is 10.7. The minimum absolute atomic E-state index is 0. The van der Waals surface area contributed by atoms with Crippen molar-refractivity contribution in [2.24, 2.45) is 0 Å². The fraction of sp³-hybridized carbons (Fsp3) is 0.500. The van der Waals surface area contributed by atoms with Crippen molar-refractivity contribution in [1.82, 2.24) is 20.7 Å². The second kappa shape index (κ2) is 14.0. The number of nitrogens with zero attached hydrogens (tertiary/aromatic N) is 4. The van der Waals surface area contributed by atoms with Gasteiger partial charge in [0.15, 0.2) is 0 Å². The van der Waals surface area contributed by atoms with E-state index in [0.29, 0.717) is 51.6 Å². The highest BCUT2D eigenvalue weighted by molar-refractivity contribution is 5.97. The van der Waals surface area contributed by atoms with Crippen LogP contribution in [0.2, 0.25) is 0 Å². The number of halogens is 1. The molecule has 2 aromatic carbocycles. The lowest BCUT2D eigenvalue weighted by molar-refractivity contribution is -0.145. The van der Waals surface area contributed by atoms with E-state index in [1.54, 1.807) is 12.1 Å². The Morgan fingerprint density at radius 1 is 1.00 bits per heavy atom. The van der Waals surface area contributed by atoms with Gasteiger partial charge in [0, 0.05) is 63.6 Å². The Bertz CT molecular complexity index is 1190. The van der Waals surface area contributed by atoms with E-state index in [-0.39, 0.29) is 43.2 Å². The molecule has 0 atom stereocenters. The Morgan fingerprint density at radius 3 is 2.30 bits per heavy atom. The summed E-state index contributed by atoms with van der Waals surface area (Å²) in [6, 6.07) is 12.7. The number of nitrogens with one attached hydrogen (secondary N) is 2. The van der Waals surface area contributed by atoms with E-state index in [9.17, 15) is 14.4 Å². The van der Waals surface area contributed by atoms with Gasteiger partial charge in [-0.1, -0.05) is 38.1 Å². The van der Waals surface area contributed by atoms with Gasteiger partial charge in [-0.25, -0.2) is 5.01 Å². The molecule has 0 saturated heterocycles. The third-order valence-corrected chi connectivity index (χ3v) is 7.52. The van der Waals surface area contributed by atoms with Crippen LogP contribution in [0.15, 0.2) is 36.4 Å². The standard InChI is InChI=1S/C30H42N6O3.ClH/c1-6-36-27-15-22(4)26(16-23(27)11-12-29(36)38)34(19-28(37)32-14-13-31-21(2)3)20-30(39)33(5)35-17-24-9-7-8-10-25(24)18-35;/h7-10,15-16,21,31H,6,11-14,17-20H2,1-5H3,(H,32,37);1H. The fourth-order valence-corrected chi connectivity index (χ4v) is 5.34. The lowest BCUT2D eigenvalue weighted by Crippen LogP contribution is -2.48. The van der Waals surface area contributed by atoms with Gasteiger partial charge in [0.05, 0.1) is 13.1 Å². The van der Waals surface area contributed by atoms with E-state index in [2.05, 4.69) is 42.7 Å². The molecule has 0 unspecified atom stereocenters. The zero-order chi connectivity index (χ0) is 28.1. The maximum Gasteiger partial charge on any atom is 0.256 e. The van der Waals surface area contributed by atoms with Gasteiger partial charge < -0.3 is 20.4 Å². The molecule has 10 heteroatoms. The number of carbonyl (C=O) groups is 3. The van der Waals surface area contributed by atoms with Crippen LogP contribution in [0.25, 0.3) is 0 Å². The van der Waals surface area contributed by atoms with E-state index in [1.165, 1.54) is 11.1 Å². The van der Waals surface area contributed by atoms with Crippen LogP contribution in [0.3, 0.4) is 0 Å². The number of likely N-dealkylation sites (N-methyl/N-ethyl adjacent to an activating group) is 1. The summed E-state index contributed by atoms with van der Waals surface area (Å²) in [5.74, 6) is -0.0848. The van der Waals surface area contributed by atoms with Crippen molar-refractivity contribution < 1.29 is 14.4 Å². The number of hydrazine groups is 1. The van der Waals surface area contributed by atoms with Gasteiger partial charge in [-0.2, -0.15) is 0 Å². The van der Waals surface area contributed by atoms with Crippen LogP contribution in [0.5, 0.6) is 0 Å². The molecule has 0 saturated carbocycles. The topological polar surface area (TPSA) is 88.2 Å². The predicted octanol–water partition coefficient (Wildman–Crippen LogP) is 3.03. The normalized spacial score (nSPS) is 14.4. The van der Waals surface area contributed by atoms with Gasteiger partial charge in [0.1, 0.15) is 0 Å². The van der Waals surface area contributed by atoms with Crippen LogP contribution in [0.4, 0.5) is 11.4 Å². The average molecular weight is 571 g/mol. The molecule has 0 aliphatic carbocycles. The maximum absolute atomic E-state index is 13.6. The minimum atomic E-state index is -0.132. The van der Waals surface area contributed by atoms with Gasteiger partial charge in [-0.05, 0) is 54.7 Å². The van der Waals surface area contributed by atoms with Crippen LogP contribution in [-0.4, -0.2) is 73.6 Å². The zero-order valence-corrected chi connectivity index (χ0v) is 25.1. The van der Waals surface area contributed by atoms with Crippen LogP contribution in [0, 0.1) is 6.92 Å². The highest BCUT2D eigenvalue weighted by atomic mass is 35.5. The summed E-state index contributed by atoms with van der Waals surface area (Å²) in [5.41, 5.74) is 6.23. The molecule has 4 rings (SSSR count). The molecule has 40 heavy (non-hydrogen) atoms. The first-order valence-electron chi connectivity index (χ1n) is 13.9. The quantitative estimate of drug-likeness (QED) is 0.404. The van der Waals surface area contributed by atoms with Crippen molar-refractivity contribution in [2.75, 3.05) is 49.6 Å². The van der Waals surface area contributed by atoms with Gasteiger partial charge in [0.25, 0.3) is 5.91 Å². The highest BCUT2D eigenvalue weighted by Crippen LogP contribution is 2.34. The molecule has 3 amide bonds. The van der Waals surface area contributed by atoms with Gasteiger partial charge >= 0.3 is 0 Å². The second-order valence-electron chi connectivity index (χ2n) is 10.7. The SMILES string of the molecule is CCN1C(=O)CCc2cc(N(CC(=O)NCCNC(C)C)CC(=O)N(C)N3Cc4ccccc4C3)c(C)cc21.Cl. The largest absolute Gasteiger partial charge is 0.353 e. The van der Waals surface area contributed by atoms with Crippen LogP contribution in [0.1, 0.15) is 49.4 Å². The summed E-state index contributed by atoms with van der Waals surface area (Å²) in [7, 11) is 1.80. The zero-order valence-electron chi connectivity index (χ0n) is 24.3. The lowest BCUT2D eigenvalue weighted by atomic mass is 9.97. The maximum atomic E-state index is 13.6. The number of hydrogen-bond donors (Lipinski definition) is 2. The monoisotopic (exact) mass is 570 g/mol. The van der Waals surface area contributed by atoms with Crippen molar-refractivity contribution in [2.45, 2.75) is 59.7 Å². The molecule has 2 aliphatic heterocycles. The number of benzene rings is 2. The van der Waals surface area contributed by atoms with E-state index in [1.807, 2.05) is 46.9 Å². The summed E-state index contributed by atoms with van der Waals surface area (Å²) in [5, 5.41) is 10.00. The third-order valence-electron chi connectivity index (χ3n) is 7.52. The van der Waals surface area contributed by atoms with Crippen LogP contribution >= 0.6 is 12.4 Å². The molecule has 2 N–H and O–H groups in total. The predicted molar refractivity (Wildman–Crippen MR) is 162 cm³/mol. The summed E-state index contributed by atoms with van der Waals surface area (Å²) >= 11 is 0. The third kappa shape index (κ3) is 7.33. The first-order valence-corrected chi connectivity index (χ1v) is 13.9. The molecule has 0 aromatic heterocycles. The van der Waals surface area contributed by atoms with E-state index < -0.39 is 0 Å². The number of carbonyl (C=O) groups excluding carboxylic acids is 3. The lowest BCUT2D eigenvalue weighted by Gasteiger charge is -2.34. The Hall–Kier alpha value is -3.14. The molecule has 2 heterocycles. The molecule has 2 aromatic rings. The number of amides is 3. The molecule has 0 fully saturated rings. The molecular formula is C30H43ClN6O3. The van der Waals surface area contributed by atoms with Crippen molar-refractivity contribution >= 4 is 41.5 Å². The molecule has 9 nitrogen and oxygen atoms in total. The van der Waals surface area contributed by atoms with Gasteiger partial charge in [0.2, 0.25) is 11.8 Å². The Balaban J connectivity index is 0.00000441. The summed E-state index contributed by atoms with van der Waals surface area (Å²) in [6.07, 6.45) is 1.11. The van der Waals surface area contributed by atoms with Crippen molar-refractivity contribution in [1.29, 1.82) is 0 Å². The minimum Gasteiger partial charge on any atom is -0.353 e. The molecule has 0 bridgehead atoms. The van der Waals surface area contributed by atoms with E-state index in [0.717, 1.165) is 22.5 Å². The summed E-state index contributed by atoms with van der Waals surface area (Å²) < 4.78 is 0. The molecular weight excluding hydrogens is 528 g/mol. The fourth-order valence-electron chi connectivity index (χ4n) is 5.34. The van der Waals surface area contributed by atoms with Gasteiger partial charge in [-0.15, -0.1) is 12.4 Å². The number of anilines is 2. The molecule has 0 spiro atoms. The number of aryl methyl sites for hydroxylation is 2. The van der Waals surface area contributed by atoms with Crippen molar-refractivity contribution in [3.63, 3.8) is 0 Å². The summed E-state index contributed by atoms with van der Waals surface area (Å²) in [6.45, 7) is 11.4. The van der Waals surface area contributed by atoms with E-state index in [4.69, 9.17) is 0 Å². The Labute approximate surface area is 244 Å². The van der Waals surface area contributed by atoms with Crippen molar-refractivity contribution in [3.05, 3.63) is 58.7 Å². The Kier molecular flexibility index (Phi) is 11.0. The molecule has 0 radical (unpaired) electrons. The number of fused-ring (bicyclic) bond motifs is 2. The average Bonchev–Trinajstić information content (AvgIpc) is 3.34. The highest BCUT2D eigenvalue weighted by Gasteiger charge is 2.29. The first kappa shape index (κ1) is 31.4. The number of rotatable bonds is 11. The van der Waals surface area contributed by atoms with Crippen molar-refractivity contribution in [3.8, 4) is 0 Å². The smallest absolute Gasteiger partial charge is 0.256 e. The first-order chi connectivity index (χ1) is 18.7. The summed E-state index contributed by atoms with van der Waals surface area (Å²) in [4.78, 5) is 42.7. The van der Waals surface area contributed by atoms with Crippen LogP contribution in [-0.2, 0) is 33.9 Å². The Morgan fingerprint density at radius 2 is 1.68 bits per heavy atom. The molecule has 2 aliphatic rings. The van der Waals surface area contributed by atoms with Crippen LogP contribution < -0.4 is 20.4 Å². The number of hydrogen-bond acceptors (Lipinski definition) is 6.